The first kappa shape index (κ1) is 12.4. The van der Waals surface area contributed by atoms with Gasteiger partial charge in [-0.1, -0.05) is 0 Å². The van der Waals surface area contributed by atoms with Crippen LogP contribution in [-0.4, -0.2) is 31.1 Å². The van der Waals surface area contributed by atoms with Gasteiger partial charge in [0.15, 0.2) is 5.82 Å². The Hall–Kier alpha value is -2.67. The molecular weight excluding hydrogens is 272 g/mol. The topological polar surface area (TPSA) is 71.8 Å². The molecule has 98 valence electrons. The van der Waals surface area contributed by atoms with Gasteiger partial charge in [-0.05, 0) is 42.0 Å². The molecule has 0 bridgehead atoms. The van der Waals surface area contributed by atoms with E-state index in [-0.39, 0.29) is 0 Å². The molecule has 0 amide bonds. The van der Waals surface area contributed by atoms with Gasteiger partial charge in [-0.2, -0.15) is 14.9 Å². The van der Waals surface area contributed by atoms with Crippen LogP contribution in [0.5, 0.6) is 0 Å². The van der Waals surface area contributed by atoms with Gasteiger partial charge in [0.25, 0.3) is 0 Å². The van der Waals surface area contributed by atoms with Crippen molar-refractivity contribution in [2.45, 2.75) is 0 Å². The Morgan fingerprint density at radius 2 is 2.00 bits per heavy atom. The first-order valence-electron chi connectivity index (χ1n) is 5.87. The molecular formula is C13H10N6S. The minimum atomic E-state index is 0.425. The maximum absolute atomic E-state index is 5.19. The minimum absolute atomic E-state index is 0.425. The predicted octanol–water partition coefficient (Wildman–Crippen LogP) is 2.28. The van der Waals surface area contributed by atoms with Gasteiger partial charge >= 0.3 is 0 Å². The second kappa shape index (κ2) is 5.54. The molecule has 3 aromatic heterocycles. The van der Waals surface area contributed by atoms with Gasteiger partial charge in [-0.3, -0.25) is 9.97 Å². The maximum atomic E-state index is 5.19. The highest BCUT2D eigenvalue weighted by Crippen LogP contribution is 2.15. The molecule has 0 saturated heterocycles. The quantitative estimate of drug-likeness (QED) is 0.591. The first-order valence-corrected chi connectivity index (χ1v) is 6.27. The van der Waals surface area contributed by atoms with Crippen LogP contribution in [0.4, 0.5) is 0 Å². The molecule has 6 nitrogen and oxygen atoms in total. The van der Waals surface area contributed by atoms with Crippen LogP contribution in [0.25, 0.3) is 11.4 Å². The third kappa shape index (κ3) is 2.52. The highest BCUT2D eigenvalue weighted by molar-refractivity contribution is 7.71. The van der Waals surface area contributed by atoms with Gasteiger partial charge < -0.3 is 0 Å². The summed E-state index contributed by atoms with van der Waals surface area (Å²) in [6, 6.07) is 7.45. The molecule has 0 aliphatic rings. The molecule has 3 rings (SSSR count). The average molecular weight is 282 g/mol. The van der Waals surface area contributed by atoms with Gasteiger partial charge in [0.2, 0.25) is 4.77 Å². The average Bonchev–Trinajstić information content (AvgIpc) is 2.88. The van der Waals surface area contributed by atoms with E-state index in [1.165, 1.54) is 0 Å². The van der Waals surface area contributed by atoms with Gasteiger partial charge in [0.05, 0.1) is 6.21 Å². The van der Waals surface area contributed by atoms with Crippen LogP contribution < -0.4 is 0 Å². The normalized spacial score (nSPS) is 11.0. The Morgan fingerprint density at radius 3 is 2.75 bits per heavy atom. The molecule has 0 fully saturated rings. The molecule has 0 unspecified atom stereocenters. The second-order valence-corrected chi connectivity index (χ2v) is 4.32. The van der Waals surface area contributed by atoms with Crippen molar-refractivity contribution in [2.75, 3.05) is 0 Å². The molecule has 0 saturated carbocycles. The zero-order valence-electron chi connectivity index (χ0n) is 10.3. The van der Waals surface area contributed by atoms with Crippen LogP contribution in [-0.2, 0) is 0 Å². The highest BCUT2D eigenvalue weighted by atomic mass is 32.1. The molecule has 3 aromatic rings. The number of pyridine rings is 2. The van der Waals surface area contributed by atoms with Crippen molar-refractivity contribution in [1.29, 1.82) is 0 Å². The Labute approximate surface area is 119 Å². The highest BCUT2D eigenvalue weighted by Gasteiger charge is 2.07. The number of nitrogens with zero attached hydrogens (tertiary/aromatic N) is 5. The van der Waals surface area contributed by atoms with Crippen LogP contribution in [0.15, 0.2) is 54.2 Å². The van der Waals surface area contributed by atoms with E-state index in [0.29, 0.717) is 10.6 Å². The maximum Gasteiger partial charge on any atom is 0.216 e. The molecule has 0 atom stereocenters. The van der Waals surface area contributed by atoms with E-state index in [4.69, 9.17) is 12.2 Å². The van der Waals surface area contributed by atoms with E-state index >= 15 is 0 Å². The SMILES string of the molecule is S=c1[nH]nc(-c2cccnc2)n1/N=C/c1ccncc1. The molecule has 0 aromatic carbocycles. The van der Waals surface area contributed by atoms with E-state index in [2.05, 4.69) is 25.3 Å². The summed E-state index contributed by atoms with van der Waals surface area (Å²) < 4.78 is 1.99. The molecule has 7 heteroatoms. The summed E-state index contributed by atoms with van der Waals surface area (Å²) in [5.74, 6) is 0.619. The van der Waals surface area contributed by atoms with E-state index in [1.54, 1.807) is 35.7 Å². The lowest BCUT2D eigenvalue weighted by atomic mass is 10.3. The lowest BCUT2D eigenvalue weighted by Gasteiger charge is -1.99. The number of aromatic nitrogens is 5. The summed E-state index contributed by atoms with van der Waals surface area (Å²) in [4.78, 5) is 8.03. The third-order valence-electron chi connectivity index (χ3n) is 2.60. The van der Waals surface area contributed by atoms with Crippen molar-refractivity contribution < 1.29 is 0 Å². The van der Waals surface area contributed by atoms with Gasteiger partial charge in [0.1, 0.15) is 0 Å². The van der Waals surface area contributed by atoms with E-state index in [1.807, 2.05) is 24.3 Å². The van der Waals surface area contributed by atoms with Crippen molar-refractivity contribution >= 4 is 18.4 Å². The Kier molecular flexibility index (Phi) is 3.42. The number of rotatable bonds is 3. The predicted molar refractivity (Wildman–Crippen MR) is 77.9 cm³/mol. The minimum Gasteiger partial charge on any atom is -0.265 e. The van der Waals surface area contributed by atoms with Crippen LogP contribution in [0.2, 0.25) is 0 Å². The molecule has 0 spiro atoms. The molecule has 0 aliphatic heterocycles. The standard InChI is InChI=1S/C13H10N6S/c20-13-18-17-12(11-2-1-5-15-9-11)19(13)16-8-10-3-6-14-7-4-10/h1-9H,(H,18,20)/b16-8+. The lowest BCUT2D eigenvalue weighted by Crippen LogP contribution is -1.95. The Bertz CT molecular complexity index is 775. The number of hydrogen-bond acceptors (Lipinski definition) is 5. The fraction of sp³-hybridized carbons (Fsp3) is 0. The van der Waals surface area contributed by atoms with Crippen molar-refractivity contribution in [2.24, 2.45) is 5.10 Å². The van der Waals surface area contributed by atoms with Crippen LogP contribution >= 0.6 is 12.2 Å². The summed E-state index contributed by atoms with van der Waals surface area (Å²) >= 11 is 5.19. The Morgan fingerprint density at radius 1 is 1.15 bits per heavy atom. The third-order valence-corrected chi connectivity index (χ3v) is 2.86. The summed E-state index contributed by atoms with van der Waals surface area (Å²) in [7, 11) is 0. The summed E-state index contributed by atoms with van der Waals surface area (Å²) in [5.41, 5.74) is 1.77. The van der Waals surface area contributed by atoms with Crippen molar-refractivity contribution in [3.05, 3.63) is 59.4 Å². The van der Waals surface area contributed by atoms with Crippen molar-refractivity contribution in [3.8, 4) is 11.4 Å². The Balaban J connectivity index is 2.01. The molecule has 0 aliphatic carbocycles. The largest absolute Gasteiger partial charge is 0.265 e. The molecule has 0 radical (unpaired) electrons. The summed E-state index contributed by atoms with van der Waals surface area (Å²) in [6.45, 7) is 0. The van der Waals surface area contributed by atoms with E-state index < -0.39 is 0 Å². The van der Waals surface area contributed by atoms with Crippen LogP contribution in [0, 0.1) is 4.77 Å². The number of hydrogen-bond donors (Lipinski definition) is 1. The van der Waals surface area contributed by atoms with Gasteiger partial charge in [-0.25, -0.2) is 5.10 Å². The zero-order chi connectivity index (χ0) is 13.8. The number of nitrogens with one attached hydrogen (secondary N) is 1. The fourth-order valence-electron chi connectivity index (χ4n) is 1.65. The monoisotopic (exact) mass is 282 g/mol. The molecule has 1 N–H and O–H groups in total. The van der Waals surface area contributed by atoms with E-state index in [9.17, 15) is 0 Å². The lowest BCUT2D eigenvalue weighted by molar-refractivity contribution is 0.871. The smallest absolute Gasteiger partial charge is 0.216 e. The molecule has 3 heterocycles. The first-order chi connectivity index (χ1) is 9.84. The van der Waals surface area contributed by atoms with Crippen molar-refractivity contribution in [3.63, 3.8) is 0 Å². The fourth-order valence-corrected chi connectivity index (χ4v) is 1.83. The van der Waals surface area contributed by atoms with Crippen LogP contribution in [0.1, 0.15) is 5.56 Å². The van der Waals surface area contributed by atoms with Gasteiger partial charge in [-0.15, -0.1) is 0 Å². The number of H-pyrrole nitrogens is 1. The summed E-state index contributed by atoms with van der Waals surface area (Å²) in [5, 5.41) is 11.3. The number of aromatic amines is 1. The van der Waals surface area contributed by atoms with Crippen LogP contribution in [0.3, 0.4) is 0 Å². The van der Waals surface area contributed by atoms with Crippen molar-refractivity contribution in [1.82, 2.24) is 24.8 Å². The van der Waals surface area contributed by atoms with Gasteiger partial charge in [0, 0.05) is 30.4 Å². The summed E-state index contributed by atoms with van der Waals surface area (Å²) in [6.07, 6.45) is 8.53. The van der Waals surface area contributed by atoms with E-state index in [0.717, 1.165) is 11.1 Å². The molecule has 20 heavy (non-hydrogen) atoms. The second-order valence-electron chi connectivity index (χ2n) is 3.93. The zero-order valence-corrected chi connectivity index (χ0v) is 11.2.